The molecule has 5 nitrogen and oxygen atoms in total. The molecule has 1 aliphatic heterocycles. The molecule has 0 unspecified atom stereocenters. The van der Waals surface area contributed by atoms with Crippen molar-refractivity contribution in [2.75, 3.05) is 12.8 Å². The molecule has 0 atom stereocenters. The summed E-state index contributed by atoms with van der Waals surface area (Å²) in [6, 6.07) is 5.45. The zero-order valence-electron chi connectivity index (χ0n) is 16.3. The molecule has 0 saturated carbocycles. The Balaban J connectivity index is 2.52. The number of rotatable bonds is 5. The van der Waals surface area contributed by atoms with E-state index >= 15 is 0 Å². The number of hydrogen-bond acceptors (Lipinski definition) is 5. The van der Waals surface area contributed by atoms with E-state index in [1.54, 1.807) is 6.07 Å². The third-order valence-corrected chi connectivity index (χ3v) is 6.57. The van der Waals surface area contributed by atoms with Gasteiger partial charge >= 0.3 is 7.12 Å². The molecular weight excluding hydrogens is 337 g/mol. The minimum absolute atomic E-state index is 0.318. The van der Waals surface area contributed by atoms with Gasteiger partial charge in [0.15, 0.2) is 9.84 Å². The quantitative estimate of drug-likeness (QED) is 0.806. The van der Waals surface area contributed by atoms with Crippen LogP contribution in [0.15, 0.2) is 23.1 Å². The first-order chi connectivity index (χ1) is 11.2. The second-order valence-electron chi connectivity index (χ2n) is 8.54. The number of hydrogen-bond donors (Lipinski definition) is 1. The van der Waals surface area contributed by atoms with E-state index in [-0.39, 0.29) is 5.41 Å². The fraction of sp³-hybridized carbons (Fsp3) is 0.667. The Morgan fingerprint density at radius 1 is 1.12 bits per heavy atom. The summed E-state index contributed by atoms with van der Waals surface area (Å²) in [6.45, 7) is 12.4. The van der Waals surface area contributed by atoms with Crippen LogP contribution in [-0.4, -0.2) is 39.5 Å². The average Bonchev–Trinajstić information content (AvgIpc) is 2.66. The van der Waals surface area contributed by atoms with Crippen molar-refractivity contribution < 1.29 is 17.7 Å². The van der Waals surface area contributed by atoms with Gasteiger partial charge in [-0.2, -0.15) is 0 Å². The van der Waals surface area contributed by atoms with Crippen LogP contribution in [0.25, 0.3) is 0 Å². The molecule has 25 heavy (non-hydrogen) atoms. The number of sulfone groups is 1. The minimum atomic E-state index is -3.40. The second kappa shape index (κ2) is 6.37. The van der Waals surface area contributed by atoms with E-state index in [0.717, 1.165) is 5.56 Å². The maximum Gasteiger partial charge on any atom is 0.494 e. The molecule has 0 aliphatic carbocycles. The predicted molar refractivity (Wildman–Crippen MR) is 102 cm³/mol. The van der Waals surface area contributed by atoms with Gasteiger partial charge in [0.2, 0.25) is 0 Å². The van der Waals surface area contributed by atoms with Gasteiger partial charge in [-0.1, -0.05) is 26.0 Å². The summed E-state index contributed by atoms with van der Waals surface area (Å²) in [5.41, 5.74) is 5.93. The molecule has 2 N–H and O–H groups in total. The van der Waals surface area contributed by atoms with E-state index < -0.39 is 28.2 Å². The Bertz CT molecular complexity index is 740. The lowest BCUT2D eigenvalue weighted by atomic mass is 9.75. The highest BCUT2D eigenvalue weighted by Gasteiger charge is 2.51. The van der Waals surface area contributed by atoms with Gasteiger partial charge in [-0.15, -0.1) is 0 Å². The molecule has 0 spiro atoms. The van der Waals surface area contributed by atoms with Gasteiger partial charge < -0.3 is 15.0 Å². The highest BCUT2D eigenvalue weighted by atomic mass is 32.2. The van der Waals surface area contributed by atoms with Gasteiger partial charge in [0.25, 0.3) is 0 Å². The van der Waals surface area contributed by atoms with Gasteiger partial charge in [0, 0.05) is 6.26 Å². The van der Waals surface area contributed by atoms with Crippen molar-refractivity contribution in [2.45, 2.75) is 69.5 Å². The summed E-state index contributed by atoms with van der Waals surface area (Å²) in [7, 11) is -3.98. The Morgan fingerprint density at radius 2 is 1.64 bits per heavy atom. The van der Waals surface area contributed by atoms with Crippen molar-refractivity contribution in [3.63, 3.8) is 0 Å². The largest absolute Gasteiger partial charge is 0.494 e. The Morgan fingerprint density at radius 3 is 2.08 bits per heavy atom. The molecule has 1 heterocycles. The maximum absolute atomic E-state index is 12.4. The van der Waals surface area contributed by atoms with E-state index in [2.05, 4.69) is 0 Å². The first kappa shape index (κ1) is 20.4. The first-order valence-electron chi connectivity index (χ1n) is 8.61. The number of nitrogens with two attached hydrogens (primary N) is 1. The SMILES string of the molecule is CC(C)(CCN)c1ccc(B2OC(C)(C)C(C)(C)O2)cc1S(C)(=O)=O. The zero-order valence-corrected chi connectivity index (χ0v) is 17.2. The van der Waals surface area contributed by atoms with Gasteiger partial charge in [0.1, 0.15) is 0 Å². The van der Waals surface area contributed by atoms with Gasteiger partial charge in [-0.05, 0) is 63.2 Å². The standard InChI is InChI=1S/C18H30BNO4S/c1-16(2,10-11-20)14-9-8-13(12-15(14)25(7,21)22)19-23-17(3,4)18(5,6)24-19/h8-9,12H,10-11,20H2,1-7H3. The summed E-state index contributed by atoms with van der Waals surface area (Å²) in [6.07, 6.45) is 1.93. The molecule has 1 fully saturated rings. The molecule has 1 aliphatic rings. The van der Waals surface area contributed by atoms with Crippen LogP contribution >= 0.6 is 0 Å². The van der Waals surface area contributed by atoms with Gasteiger partial charge in [-0.3, -0.25) is 0 Å². The monoisotopic (exact) mass is 367 g/mol. The second-order valence-corrected chi connectivity index (χ2v) is 10.5. The molecule has 0 amide bonds. The van der Waals surface area contributed by atoms with Crippen LogP contribution in [0.3, 0.4) is 0 Å². The fourth-order valence-corrected chi connectivity index (χ4v) is 4.12. The molecular formula is C18H30BNO4S. The first-order valence-corrected chi connectivity index (χ1v) is 10.5. The number of benzene rings is 1. The molecule has 2 rings (SSSR count). The predicted octanol–water partition coefficient (Wildman–Crippen LogP) is 2.02. The van der Waals surface area contributed by atoms with E-state index in [4.69, 9.17) is 15.0 Å². The maximum atomic E-state index is 12.4. The lowest BCUT2D eigenvalue weighted by Crippen LogP contribution is -2.41. The lowest BCUT2D eigenvalue weighted by molar-refractivity contribution is 0.00578. The summed E-state index contributed by atoms with van der Waals surface area (Å²) in [5, 5.41) is 0. The zero-order chi connectivity index (χ0) is 19.3. The van der Waals surface area contributed by atoms with E-state index in [1.165, 1.54) is 6.26 Å². The van der Waals surface area contributed by atoms with Crippen LogP contribution in [0.1, 0.15) is 53.5 Å². The van der Waals surface area contributed by atoms with Crippen molar-refractivity contribution in [3.05, 3.63) is 23.8 Å². The summed E-state index contributed by atoms with van der Waals surface area (Å²) in [4.78, 5) is 0.318. The van der Waals surface area contributed by atoms with Crippen molar-refractivity contribution in [3.8, 4) is 0 Å². The van der Waals surface area contributed by atoms with Crippen LogP contribution < -0.4 is 11.2 Å². The van der Waals surface area contributed by atoms with Crippen LogP contribution in [-0.2, 0) is 24.6 Å². The molecule has 140 valence electrons. The lowest BCUT2D eigenvalue weighted by Gasteiger charge is -2.32. The van der Waals surface area contributed by atoms with Crippen molar-refractivity contribution in [2.24, 2.45) is 5.73 Å². The van der Waals surface area contributed by atoms with Crippen LogP contribution in [0, 0.1) is 0 Å². The molecule has 7 heteroatoms. The van der Waals surface area contributed by atoms with E-state index in [1.807, 2.05) is 53.7 Å². The van der Waals surface area contributed by atoms with Crippen molar-refractivity contribution in [1.29, 1.82) is 0 Å². The minimum Gasteiger partial charge on any atom is -0.399 e. The Labute approximate surface area is 152 Å². The molecule has 1 saturated heterocycles. The highest BCUT2D eigenvalue weighted by Crippen LogP contribution is 2.37. The van der Waals surface area contributed by atoms with E-state index in [9.17, 15) is 8.42 Å². The van der Waals surface area contributed by atoms with Gasteiger partial charge in [0.05, 0.1) is 16.1 Å². The smallest absolute Gasteiger partial charge is 0.399 e. The molecule has 0 radical (unpaired) electrons. The fourth-order valence-electron chi connectivity index (χ4n) is 3.03. The average molecular weight is 367 g/mol. The Hall–Kier alpha value is -0.885. The summed E-state index contributed by atoms with van der Waals surface area (Å²) in [5.74, 6) is 0. The van der Waals surface area contributed by atoms with Crippen LogP contribution in [0.2, 0.25) is 0 Å². The van der Waals surface area contributed by atoms with Crippen molar-refractivity contribution >= 4 is 22.4 Å². The molecule has 1 aromatic carbocycles. The normalized spacial score (nSPS) is 20.1. The third-order valence-electron chi connectivity index (χ3n) is 5.43. The van der Waals surface area contributed by atoms with Crippen LogP contribution in [0.5, 0.6) is 0 Å². The molecule has 0 aromatic heterocycles. The summed E-state index contributed by atoms with van der Waals surface area (Å²) >= 11 is 0. The highest BCUT2D eigenvalue weighted by molar-refractivity contribution is 7.90. The van der Waals surface area contributed by atoms with Crippen molar-refractivity contribution in [1.82, 2.24) is 0 Å². The van der Waals surface area contributed by atoms with Gasteiger partial charge in [-0.25, -0.2) is 8.42 Å². The molecule has 0 bridgehead atoms. The van der Waals surface area contributed by atoms with E-state index in [0.29, 0.717) is 23.3 Å². The molecule has 1 aromatic rings. The third kappa shape index (κ3) is 3.94. The topological polar surface area (TPSA) is 78.6 Å². The Kier molecular flexibility index (Phi) is 5.21. The van der Waals surface area contributed by atoms with Crippen LogP contribution in [0.4, 0.5) is 0 Å². The summed E-state index contributed by atoms with van der Waals surface area (Å²) < 4.78 is 36.9.